The second kappa shape index (κ2) is 9.39. The summed E-state index contributed by atoms with van der Waals surface area (Å²) in [5.41, 5.74) is 2.19. The largest absolute Gasteiger partial charge is 0.356 e. The van der Waals surface area contributed by atoms with Gasteiger partial charge in [-0.25, -0.2) is 9.67 Å². The molecule has 0 aliphatic heterocycles. The second-order valence-electron chi connectivity index (χ2n) is 5.21. The molecule has 0 aliphatic carbocycles. The first kappa shape index (κ1) is 18.4. The number of rotatable bonds is 5. The lowest BCUT2D eigenvalue weighted by atomic mass is 10.2. The molecule has 1 heterocycles. The minimum absolute atomic E-state index is 0. The molecule has 7 heteroatoms. The number of nitrogens with zero attached hydrogens (tertiary/aromatic N) is 4. The Bertz CT molecular complexity index is 562. The first-order chi connectivity index (χ1) is 10.2. The molecule has 1 aromatic carbocycles. The second-order valence-corrected chi connectivity index (χ2v) is 5.21. The molecule has 2 aromatic rings. The summed E-state index contributed by atoms with van der Waals surface area (Å²) in [6.07, 6.45) is 3.21. The minimum atomic E-state index is 0. The van der Waals surface area contributed by atoms with Crippen LogP contribution in [0.5, 0.6) is 0 Å². The predicted molar refractivity (Wildman–Crippen MR) is 99.8 cm³/mol. The summed E-state index contributed by atoms with van der Waals surface area (Å²) in [4.78, 5) is 8.15. The SMILES string of the molecule is CN=C(NCc1ccc(-n2cncn2)cc1)NCC(C)C.I. The van der Waals surface area contributed by atoms with Gasteiger partial charge in [0.1, 0.15) is 12.7 Å². The van der Waals surface area contributed by atoms with Crippen LogP contribution in [0.25, 0.3) is 5.69 Å². The van der Waals surface area contributed by atoms with E-state index in [0.29, 0.717) is 5.92 Å². The standard InChI is InChI=1S/C15H22N6.HI/c1-12(2)8-18-15(16-3)19-9-13-4-6-14(7-5-13)21-11-17-10-20-21;/h4-7,10-12H,8-9H2,1-3H3,(H2,16,18,19);1H. The summed E-state index contributed by atoms with van der Waals surface area (Å²) >= 11 is 0. The highest BCUT2D eigenvalue weighted by atomic mass is 127. The Morgan fingerprint density at radius 2 is 1.95 bits per heavy atom. The van der Waals surface area contributed by atoms with Crippen molar-refractivity contribution >= 4 is 29.9 Å². The summed E-state index contributed by atoms with van der Waals surface area (Å²) in [5.74, 6) is 1.41. The van der Waals surface area contributed by atoms with Crippen molar-refractivity contribution in [3.05, 3.63) is 42.5 Å². The van der Waals surface area contributed by atoms with E-state index < -0.39 is 0 Å². The highest BCUT2D eigenvalue weighted by molar-refractivity contribution is 14.0. The van der Waals surface area contributed by atoms with Crippen molar-refractivity contribution in [2.45, 2.75) is 20.4 Å². The number of halogens is 1. The maximum Gasteiger partial charge on any atom is 0.191 e. The third-order valence-electron chi connectivity index (χ3n) is 2.98. The van der Waals surface area contributed by atoms with Gasteiger partial charge in [0.05, 0.1) is 5.69 Å². The van der Waals surface area contributed by atoms with Crippen molar-refractivity contribution in [1.82, 2.24) is 25.4 Å². The van der Waals surface area contributed by atoms with Crippen LogP contribution in [0.1, 0.15) is 19.4 Å². The number of hydrogen-bond donors (Lipinski definition) is 2. The van der Waals surface area contributed by atoms with Gasteiger partial charge in [-0.3, -0.25) is 4.99 Å². The van der Waals surface area contributed by atoms with Crippen molar-refractivity contribution in [3.63, 3.8) is 0 Å². The zero-order valence-electron chi connectivity index (χ0n) is 13.2. The molecule has 0 unspecified atom stereocenters. The molecule has 0 saturated heterocycles. The van der Waals surface area contributed by atoms with E-state index in [9.17, 15) is 0 Å². The number of benzene rings is 1. The number of aliphatic imine (C=N–C) groups is 1. The Kier molecular flexibility index (Phi) is 7.86. The zero-order chi connectivity index (χ0) is 15.1. The van der Waals surface area contributed by atoms with Gasteiger partial charge in [0.25, 0.3) is 0 Å². The van der Waals surface area contributed by atoms with Gasteiger partial charge in [-0.1, -0.05) is 26.0 Å². The van der Waals surface area contributed by atoms with E-state index in [-0.39, 0.29) is 24.0 Å². The molecule has 0 radical (unpaired) electrons. The van der Waals surface area contributed by atoms with E-state index in [0.717, 1.165) is 24.7 Å². The van der Waals surface area contributed by atoms with Crippen molar-refractivity contribution in [2.75, 3.05) is 13.6 Å². The van der Waals surface area contributed by atoms with Crippen LogP contribution in [0.3, 0.4) is 0 Å². The quantitative estimate of drug-likeness (QED) is 0.447. The molecule has 0 saturated carbocycles. The molecular formula is C15H23IN6. The summed E-state index contributed by atoms with van der Waals surface area (Å²) in [5, 5.41) is 10.7. The van der Waals surface area contributed by atoms with E-state index in [1.807, 2.05) is 12.1 Å². The molecule has 22 heavy (non-hydrogen) atoms. The van der Waals surface area contributed by atoms with E-state index in [1.165, 1.54) is 11.9 Å². The summed E-state index contributed by atoms with van der Waals surface area (Å²) in [7, 11) is 1.78. The smallest absolute Gasteiger partial charge is 0.191 e. The lowest BCUT2D eigenvalue weighted by Gasteiger charge is -2.13. The Morgan fingerprint density at radius 3 is 2.50 bits per heavy atom. The zero-order valence-corrected chi connectivity index (χ0v) is 15.5. The third kappa shape index (κ3) is 5.63. The number of hydrogen-bond acceptors (Lipinski definition) is 3. The molecule has 2 N–H and O–H groups in total. The fourth-order valence-electron chi connectivity index (χ4n) is 1.82. The number of aromatic nitrogens is 3. The monoisotopic (exact) mass is 414 g/mol. The average molecular weight is 414 g/mol. The van der Waals surface area contributed by atoms with Gasteiger partial charge in [-0.15, -0.1) is 24.0 Å². The van der Waals surface area contributed by atoms with E-state index >= 15 is 0 Å². The van der Waals surface area contributed by atoms with Crippen LogP contribution < -0.4 is 10.6 Å². The summed E-state index contributed by atoms with van der Waals surface area (Å²) in [6, 6.07) is 8.19. The van der Waals surface area contributed by atoms with Gasteiger partial charge in [0, 0.05) is 20.1 Å². The Morgan fingerprint density at radius 1 is 1.23 bits per heavy atom. The van der Waals surface area contributed by atoms with Crippen LogP contribution in [0, 0.1) is 5.92 Å². The van der Waals surface area contributed by atoms with Crippen LogP contribution in [0.2, 0.25) is 0 Å². The Hall–Kier alpha value is -1.64. The highest BCUT2D eigenvalue weighted by Gasteiger charge is 2.01. The van der Waals surface area contributed by atoms with Gasteiger partial charge in [0.2, 0.25) is 0 Å². The topological polar surface area (TPSA) is 67.1 Å². The molecule has 120 valence electrons. The van der Waals surface area contributed by atoms with Gasteiger partial charge >= 0.3 is 0 Å². The molecule has 0 amide bonds. The van der Waals surface area contributed by atoms with Crippen LogP contribution in [0.4, 0.5) is 0 Å². The molecule has 2 rings (SSSR count). The fourth-order valence-corrected chi connectivity index (χ4v) is 1.82. The highest BCUT2D eigenvalue weighted by Crippen LogP contribution is 2.07. The van der Waals surface area contributed by atoms with Crippen LogP contribution in [-0.2, 0) is 6.54 Å². The molecule has 1 aromatic heterocycles. The number of nitrogens with one attached hydrogen (secondary N) is 2. The van der Waals surface area contributed by atoms with E-state index in [4.69, 9.17) is 0 Å². The van der Waals surface area contributed by atoms with Crippen molar-refractivity contribution in [2.24, 2.45) is 10.9 Å². The molecular weight excluding hydrogens is 391 g/mol. The summed E-state index contributed by atoms with van der Waals surface area (Å²) < 4.78 is 1.74. The Labute approximate surface area is 148 Å². The molecule has 0 spiro atoms. The fraction of sp³-hybridized carbons (Fsp3) is 0.400. The van der Waals surface area contributed by atoms with Gasteiger partial charge in [0.15, 0.2) is 5.96 Å². The van der Waals surface area contributed by atoms with Crippen molar-refractivity contribution in [3.8, 4) is 5.69 Å². The summed E-state index contributed by atoms with van der Waals surface area (Å²) in [6.45, 7) is 5.98. The van der Waals surface area contributed by atoms with E-state index in [2.05, 4.69) is 51.7 Å². The molecule has 0 atom stereocenters. The minimum Gasteiger partial charge on any atom is -0.356 e. The maximum atomic E-state index is 4.21. The number of guanidine groups is 1. The van der Waals surface area contributed by atoms with Gasteiger partial charge < -0.3 is 10.6 Å². The van der Waals surface area contributed by atoms with Crippen LogP contribution >= 0.6 is 24.0 Å². The van der Waals surface area contributed by atoms with Gasteiger partial charge in [-0.2, -0.15) is 5.10 Å². The first-order valence-electron chi connectivity index (χ1n) is 7.07. The van der Waals surface area contributed by atoms with Gasteiger partial charge in [-0.05, 0) is 23.6 Å². The van der Waals surface area contributed by atoms with Crippen molar-refractivity contribution in [1.29, 1.82) is 0 Å². The first-order valence-corrected chi connectivity index (χ1v) is 7.07. The normalized spacial score (nSPS) is 11.2. The van der Waals surface area contributed by atoms with E-state index in [1.54, 1.807) is 18.1 Å². The maximum absolute atomic E-state index is 4.21. The molecule has 0 aliphatic rings. The van der Waals surface area contributed by atoms with Crippen molar-refractivity contribution < 1.29 is 0 Å². The predicted octanol–water partition coefficient (Wildman–Crippen LogP) is 2.21. The van der Waals surface area contributed by atoms with Crippen LogP contribution in [-0.4, -0.2) is 34.3 Å². The molecule has 0 bridgehead atoms. The third-order valence-corrected chi connectivity index (χ3v) is 2.98. The lowest BCUT2D eigenvalue weighted by molar-refractivity contribution is 0.614. The van der Waals surface area contributed by atoms with Crippen LogP contribution in [0.15, 0.2) is 41.9 Å². The lowest BCUT2D eigenvalue weighted by Crippen LogP contribution is -2.38. The average Bonchev–Trinajstić information content (AvgIpc) is 3.02. The Balaban J connectivity index is 0.00000242. The molecule has 0 fully saturated rings. The molecule has 6 nitrogen and oxygen atoms in total.